The van der Waals surface area contributed by atoms with Gasteiger partial charge in [0.25, 0.3) is 0 Å². The lowest BCUT2D eigenvalue weighted by Gasteiger charge is -2.25. The van der Waals surface area contributed by atoms with Crippen molar-refractivity contribution in [1.29, 1.82) is 0 Å². The second-order valence-corrected chi connectivity index (χ2v) is 6.73. The molecule has 1 aliphatic rings. The molecule has 28 heavy (non-hydrogen) atoms. The van der Waals surface area contributed by atoms with Crippen LogP contribution in [0.1, 0.15) is 23.1 Å². The lowest BCUT2D eigenvalue weighted by Crippen LogP contribution is -2.39. The Kier molecular flexibility index (Phi) is 6.36. The zero-order valence-corrected chi connectivity index (χ0v) is 15.8. The summed E-state index contributed by atoms with van der Waals surface area (Å²) in [5, 5.41) is 4.17. The second-order valence-electron chi connectivity index (χ2n) is 6.73. The number of carbonyl (C=O) groups is 1. The van der Waals surface area contributed by atoms with E-state index >= 15 is 0 Å². The van der Waals surface area contributed by atoms with E-state index in [1.54, 1.807) is 0 Å². The van der Waals surface area contributed by atoms with Crippen molar-refractivity contribution in [2.24, 2.45) is 5.16 Å². The van der Waals surface area contributed by atoms with Crippen molar-refractivity contribution in [3.05, 3.63) is 70.8 Å². The summed E-state index contributed by atoms with van der Waals surface area (Å²) in [5.41, 5.74) is 3.13. The highest BCUT2D eigenvalue weighted by Gasteiger charge is 2.27. The lowest BCUT2D eigenvalue weighted by molar-refractivity contribution is -0.137. The molecule has 148 valence electrons. The fourth-order valence-electron chi connectivity index (χ4n) is 3.15. The van der Waals surface area contributed by atoms with Crippen LogP contribution in [0.15, 0.2) is 47.6 Å². The van der Waals surface area contributed by atoms with Crippen molar-refractivity contribution in [2.75, 3.05) is 20.3 Å². The lowest BCUT2D eigenvalue weighted by atomic mass is 10.00. The minimum absolute atomic E-state index is 0.00609. The van der Waals surface area contributed by atoms with Gasteiger partial charge < -0.3 is 14.5 Å². The molecule has 3 rings (SSSR count). The molecule has 1 heterocycles. The molecule has 2 aromatic carbocycles. The van der Waals surface area contributed by atoms with Gasteiger partial charge in [-0.15, -0.1) is 0 Å². The first-order valence-electron chi connectivity index (χ1n) is 8.97. The number of rotatable bonds is 7. The molecule has 0 unspecified atom stereocenters. The van der Waals surface area contributed by atoms with Crippen LogP contribution in [0.3, 0.4) is 0 Å². The van der Waals surface area contributed by atoms with Crippen molar-refractivity contribution < 1.29 is 23.1 Å². The average Bonchev–Trinajstić information content (AvgIpc) is 3.12. The van der Waals surface area contributed by atoms with Crippen LogP contribution in [0.4, 0.5) is 8.78 Å². The number of methoxy groups -OCH3 is 1. The summed E-state index contributed by atoms with van der Waals surface area (Å²) in [7, 11) is 1.42. The third kappa shape index (κ3) is 4.72. The summed E-state index contributed by atoms with van der Waals surface area (Å²) in [6, 6.07) is 11.2. The fraction of sp³-hybridized carbons (Fsp3) is 0.333. The van der Waals surface area contributed by atoms with Crippen LogP contribution < -0.4 is 0 Å². The van der Waals surface area contributed by atoms with E-state index < -0.39 is 11.6 Å². The molecule has 1 aliphatic heterocycles. The molecule has 0 saturated heterocycles. The highest BCUT2D eigenvalue weighted by Crippen LogP contribution is 2.21. The monoisotopic (exact) mass is 388 g/mol. The Hall–Kier alpha value is -2.80. The molecular weight excluding hydrogens is 366 g/mol. The summed E-state index contributed by atoms with van der Waals surface area (Å²) in [4.78, 5) is 19.4. The third-order valence-corrected chi connectivity index (χ3v) is 4.61. The summed E-state index contributed by atoms with van der Waals surface area (Å²) >= 11 is 0. The maximum Gasteiger partial charge on any atom is 0.248 e. The van der Waals surface area contributed by atoms with Gasteiger partial charge in [-0.1, -0.05) is 35.5 Å². The first-order chi connectivity index (χ1) is 13.5. The van der Waals surface area contributed by atoms with E-state index in [9.17, 15) is 13.6 Å². The van der Waals surface area contributed by atoms with Crippen molar-refractivity contribution in [2.45, 2.75) is 26.0 Å². The Morgan fingerprint density at radius 3 is 2.79 bits per heavy atom. The van der Waals surface area contributed by atoms with Crippen molar-refractivity contribution in [3.8, 4) is 0 Å². The van der Waals surface area contributed by atoms with Crippen LogP contribution in [0.5, 0.6) is 0 Å². The van der Waals surface area contributed by atoms with Crippen LogP contribution in [-0.2, 0) is 20.9 Å². The number of carbonyl (C=O) groups excluding carboxylic acids is 1. The summed E-state index contributed by atoms with van der Waals surface area (Å²) in [5.74, 6) is -1.66. The molecule has 0 saturated carbocycles. The topological polar surface area (TPSA) is 51.1 Å². The van der Waals surface area contributed by atoms with Gasteiger partial charge in [0.1, 0.15) is 18.2 Å². The van der Waals surface area contributed by atoms with Crippen molar-refractivity contribution in [1.82, 2.24) is 4.90 Å². The summed E-state index contributed by atoms with van der Waals surface area (Å²) in [6.45, 7) is 2.07. The molecule has 7 heteroatoms. The number of oxime groups is 1. The Labute approximate surface area is 162 Å². The van der Waals surface area contributed by atoms with Crippen molar-refractivity contribution in [3.63, 3.8) is 0 Å². The maximum absolute atomic E-state index is 14.0. The smallest absolute Gasteiger partial charge is 0.248 e. The zero-order valence-electron chi connectivity index (χ0n) is 15.8. The van der Waals surface area contributed by atoms with Gasteiger partial charge in [0.05, 0.1) is 12.3 Å². The van der Waals surface area contributed by atoms with Gasteiger partial charge in [-0.25, -0.2) is 8.78 Å². The Bertz CT molecular complexity index is 886. The van der Waals surface area contributed by atoms with E-state index in [0.717, 1.165) is 22.9 Å². The van der Waals surface area contributed by atoms with Gasteiger partial charge in [-0.05, 0) is 18.6 Å². The molecule has 0 N–H and O–H groups in total. The van der Waals surface area contributed by atoms with E-state index in [1.807, 2.05) is 31.2 Å². The Morgan fingerprint density at radius 1 is 1.29 bits per heavy atom. The predicted octanol–water partition coefficient (Wildman–Crippen LogP) is 3.44. The van der Waals surface area contributed by atoms with E-state index in [4.69, 9.17) is 9.57 Å². The highest BCUT2D eigenvalue weighted by molar-refractivity contribution is 6.02. The van der Waals surface area contributed by atoms with Crippen LogP contribution in [0.25, 0.3) is 0 Å². The minimum atomic E-state index is -0.695. The van der Waals surface area contributed by atoms with E-state index in [1.165, 1.54) is 24.1 Å². The van der Waals surface area contributed by atoms with Gasteiger partial charge in [0.15, 0.2) is 6.10 Å². The number of nitrogens with zero attached hydrogens (tertiary/aromatic N) is 2. The summed E-state index contributed by atoms with van der Waals surface area (Å²) in [6.07, 6.45) is 0.187. The highest BCUT2D eigenvalue weighted by atomic mass is 19.1. The molecule has 1 amide bonds. The third-order valence-electron chi connectivity index (χ3n) is 4.61. The largest absolute Gasteiger partial charge is 0.390 e. The fourth-order valence-corrected chi connectivity index (χ4v) is 3.15. The first-order valence-corrected chi connectivity index (χ1v) is 8.97. The zero-order chi connectivity index (χ0) is 20.1. The molecule has 0 aliphatic carbocycles. The molecule has 2 aromatic rings. The van der Waals surface area contributed by atoms with Gasteiger partial charge in [-0.2, -0.15) is 0 Å². The normalized spacial score (nSPS) is 15.9. The Morgan fingerprint density at radius 2 is 2.07 bits per heavy atom. The number of ether oxygens (including phenoxy) is 1. The predicted molar refractivity (Wildman–Crippen MR) is 101 cm³/mol. The van der Waals surface area contributed by atoms with Gasteiger partial charge in [0, 0.05) is 37.3 Å². The standard InChI is InChI=1S/C21H22F2N2O3/c1-14-5-3-4-6-18(14)20-10-17(28-24-20)12-25(21(26)13-27-2)11-15-7-8-16(22)9-19(15)23/h3-9,17H,10-13H2,1-2H3/t17-/m1/s1. The number of aryl methyl sites for hydroxylation is 1. The van der Waals surface area contributed by atoms with Gasteiger partial charge >= 0.3 is 0 Å². The Balaban J connectivity index is 1.70. The van der Waals surface area contributed by atoms with E-state index in [-0.39, 0.29) is 37.3 Å². The number of halogens is 2. The van der Waals surface area contributed by atoms with Gasteiger partial charge in [-0.3, -0.25) is 4.79 Å². The molecule has 1 atom stereocenters. The maximum atomic E-state index is 14.0. The quantitative estimate of drug-likeness (QED) is 0.730. The SMILES string of the molecule is COCC(=O)N(Cc1ccc(F)cc1F)C[C@H]1CC(c2ccccc2C)=NO1. The number of amides is 1. The second kappa shape index (κ2) is 8.93. The molecule has 0 bridgehead atoms. The van der Waals surface area contributed by atoms with E-state index in [2.05, 4.69) is 5.16 Å². The van der Waals surface area contributed by atoms with E-state index in [0.29, 0.717) is 6.42 Å². The molecule has 0 fully saturated rings. The number of hydrogen-bond acceptors (Lipinski definition) is 4. The number of hydrogen-bond donors (Lipinski definition) is 0. The summed E-state index contributed by atoms with van der Waals surface area (Å²) < 4.78 is 32.1. The molecule has 5 nitrogen and oxygen atoms in total. The van der Waals surface area contributed by atoms with Crippen LogP contribution >= 0.6 is 0 Å². The minimum Gasteiger partial charge on any atom is -0.390 e. The molecule has 0 radical (unpaired) electrons. The first kappa shape index (κ1) is 19.9. The van der Waals surface area contributed by atoms with Crippen LogP contribution in [0.2, 0.25) is 0 Å². The van der Waals surface area contributed by atoms with Crippen LogP contribution in [0, 0.1) is 18.6 Å². The van der Waals surface area contributed by atoms with Crippen molar-refractivity contribution >= 4 is 11.6 Å². The van der Waals surface area contributed by atoms with Crippen LogP contribution in [-0.4, -0.2) is 42.9 Å². The van der Waals surface area contributed by atoms with Gasteiger partial charge in [0.2, 0.25) is 5.91 Å². The molecular formula is C21H22F2N2O3. The molecule has 0 spiro atoms. The molecule has 0 aromatic heterocycles. The average molecular weight is 388 g/mol. The number of benzene rings is 2.